The fourth-order valence-electron chi connectivity index (χ4n) is 1.74. The smallest absolute Gasteiger partial charge is 0.310 e. The molecule has 2 aromatic rings. The van der Waals surface area contributed by atoms with Crippen LogP contribution in [0.4, 0.5) is 5.69 Å². The molecule has 6 heteroatoms. The van der Waals surface area contributed by atoms with Gasteiger partial charge in [-0.3, -0.25) is 19.3 Å². The van der Waals surface area contributed by atoms with E-state index in [4.69, 9.17) is 0 Å². The Labute approximate surface area is 106 Å². The van der Waals surface area contributed by atoms with Gasteiger partial charge in [0.25, 0.3) is 0 Å². The third kappa shape index (κ3) is 1.58. The van der Waals surface area contributed by atoms with Crippen LogP contribution in [0.5, 0.6) is 5.88 Å². The van der Waals surface area contributed by atoms with Gasteiger partial charge in [0.1, 0.15) is 0 Å². The highest BCUT2D eigenvalue weighted by Crippen LogP contribution is 2.33. The van der Waals surface area contributed by atoms with Gasteiger partial charge in [0, 0.05) is 36.8 Å². The molecule has 0 bridgehead atoms. The third-order valence-corrected chi connectivity index (χ3v) is 3.72. The molecule has 0 fully saturated rings. The number of aliphatic imine (C=N–C) groups is 1. The summed E-state index contributed by atoms with van der Waals surface area (Å²) in [6, 6.07) is 1.82. The molecule has 0 amide bonds. The SMILES string of the molecule is Cn1c(O)c(C=C2C=Nc3ccncc32)sc1=O. The van der Waals surface area contributed by atoms with Crippen molar-refractivity contribution >= 4 is 34.9 Å². The van der Waals surface area contributed by atoms with Gasteiger partial charge >= 0.3 is 4.87 Å². The van der Waals surface area contributed by atoms with Gasteiger partial charge in [-0.25, -0.2) is 0 Å². The highest BCUT2D eigenvalue weighted by atomic mass is 32.1. The van der Waals surface area contributed by atoms with Crippen LogP contribution in [0.25, 0.3) is 11.6 Å². The minimum absolute atomic E-state index is 0.0248. The van der Waals surface area contributed by atoms with Gasteiger partial charge in [-0.15, -0.1) is 0 Å². The summed E-state index contributed by atoms with van der Waals surface area (Å²) < 4.78 is 1.22. The van der Waals surface area contributed by atoms with Crippen LogP contribution in [0.2, 0.25) is 0 Å². The summed E-state index contributed by atoms with van der Waals surface area (Å²) in [7, 11) is 1.54. The fraction of sp³-hybridized carbons (Fsp3) is 0.0833. The third-order valence-electron chi connectivity index (χ3n) is 2.75. The molecule has 0 atom stereocenters. The van der Waals surface area contributed by atoms with Crippen LogP contribution in [0.3, 0.4) is 0 Å². The normalized spacial score (nSPS) is 15.3. The van der Waals surface area contributed by atoms with E-state index in [1.54, 1.807) is 24.7 Å². The van der Waals surface area contributed by atoms with Crippen molar-refractivity contribution in [1.82, 2.24) is 9.55 Å². The average molecular weight is 259 g/mol. The molecule has 1 aliphatic rings. The molecular formula is C12H9N3O2S. The van der Waals surface area contributed by atoms with E-state index in [0.29, 0.717) is 4.88 Å². The lowest BCUT2D eigenvalue weighted by Crippen LogP contribution is -2.05. The Bertz CT molecular complexity index is 740. The first-order valence-corrected chi connectivity index (χ1v) is 6.07. The zero-order valence-electron chi connectivity index (χ0n) is 9.49. The lowest BCUT2D eigenvalue weighted by Gasteiger charge is -1.97. The monoisotopic (exact) mass is 259 g/mol. The number of hydrogen-bond donors (Lipinski definition) is 1. The van der Waals surface area contributed by atoms with Crippen LogP contribution >= 0.6 is 11.3 Å². The minimum atomic E-state index is -0.194. The Hall–Kier alpha value is -2.21. The maximum atomic E-state index is 11.4. The molecule has 3 rings (SSSR count). The van der Waals surface area contributed by atoms with Gasteiger partial charge in [-0.05, 0) is 12.1 Å². The maximum absolute atomic E-state index is 11.4. The first kappa shape index (κ1) is 10.9. The molecule has 0 radical (unpaired) electrons. The van der Waals surface area contributed by atoms with E-state index in [9.17, 15) is 9.90 Å². The zero-order valence-corrected chi connectivity index (χ0v) is 10.3. The van der Waals surface area contributed by atoms with Crippen LogP contribution in [-0.4, -0.2) is 20.9 Å². The molecule has 0 saturated carbocycles. The van der Waals surface area contributed by atoms with E-state index in [-0.39, 0.29) is 10.8 Å². The highest BCUT2D eigenvalue weighted by molar-refractivity contribution is 7.10. The second-order valence-corrected chi connectivity index (χ2v) is 4.86. The lowest BCUT2D eigenvalue weighted by molar-refractivity contribution is 0.428. The number of thiazole rings is 1. The first-order chi connectivity index (χ1) is 8.66. The molecule has 0 unspecified atom stereocenters. The first-order valence-electron chi connectivity index (χ1n) is 5.26. The van der Waals surface area contributed by atoms with Gasteiger partial charge < -0.3 is 5.11 Å². The average Bonchev–Trinajstić information content (AvgIpc) is 2.89. The number of allylic oxidation sites excluding steroid dienone is 1. The van der Waals surface area contributed by atoms with Gasteiger partial charge in [0.15, 0.2) is 0 Å². The number of aromatic nitrogens is 2. The number of pyridine rings is 1. The van der Waals surface area contributed by atoms with Crippen LogP contribution in [-0.2, 0) is 7.05 Å². The van der Waals surface area contributed by atoms with Crippen molar-refractivity contribution in [3.05, 3.63) is 38.6 Å². The van der Waals surface area contributed by atoms with Crippen LogP contribution in [0.1, 0.15) is 10.4 Å². The van der Waals surface area contributed by atoms with Crippen molar-refractivity contribution in [1.29, 1.82) is 0 Å². The largest absolute Gasteiger partial charge is 0.493 e. The summed E-state index contributed by atoms with van der Waals surface area (Å²) in [6.45, 7) is 0. The summed E-state index contributed by atoms with van der Waals surface area (Å²) in [5, 5.41) is 9.80. The zero-order chi connectivity index (χ0) is 12.7. The molecule has 18 heavy (non-hydrogen) atoms. The molecule has 90 valence electrons. The Morgan fingerprint density at radius 1 is 1.50 bits per heavy atom. The number of hydrogen-bond acceptors (Lipinski definition) is 5. The van der Waals surface area contributed by atoms with Crippen molar-refractivity contribution in [3.63, 3.8) is 0 Å². The molecular weight excluding hydrogens is 250 g/mol. The predicted octanol–water partition coefficient (Wildman–Crippen LogP) is 1.80. The van der Waals surface area contributed by atoms with Gasteiger partial charge in [-0.1, -0.05) is 11.3 Å². The van der Waals surface area contributed by atoms with Crippen LogP contribution in [0, 0.1) is 0 Å². The molecule has 1 N–H and O–H groups in total. The molecule has 0 saturated heterocycles. The molecule has 3 heterocycles. The van der Waals surface area contributed by atoms with E-state index in [1.807, 2.05) is 6.07 Å². The minimum Gasteiger partial charge on any atom is -0.493 e. The maximum Gasteiger partial charge on any atom is 0.310 e. The molecule has 0 aromatic carbocycles. The molecule has 5 nitrogen and oxygen atoms in total. The van der Waals surface area contributed by atoms with Crippen LogP contribution < -0.4 is 4.87 Å². The van der Waals surface area contributed by atoms with Gasteiger partial charge in [0.2, 0.25) is 5.88 Å². The summed E-state index contributed by atoms with van der Waals surface area (Å²) >= 11 is 1.00. The van der Waals surface area contributed by atoms with E-state index in [0.717, 1.165) is 28.2 Å². The second kappa shape index (κ2) is 3.92. The molecule has 1 aliphatic heterocycles. The quantitative estimate of drug-likeness (QED) is 0.849. The number of fused-ring (bicyclic) bond motifs is 1. The highest BCUT2D eigenvalue weighted by Gasteiger charge is 2.15. The Morgan fingerprint density at radius 2 is 2.33 bits per heavy atom. The molecule has 0 aliphatic carbocycles. The van der Waals surface area contributed by atoms with Crippen molar-refractivity contribution in [3.8, 4) is 5.88 Å². The Morgan fingerprint density at radius 3 is 3.06 bits per heavy atom. The van der Waals surface area contributed by atoms with E-state index < -0.39 is 0 Å². The van der Waals surface area contributed by atoms with Crippen LogP contribution in [0.15, 0.2) is 28.2 Å². The summed E-state index contributed by atoms with van der Waals surface area (Å²) in [4.78, 5) is 20.0. The fourth-order valence-corrected chi connectivity index (χ4v) is 2.57. The van der Waals surface area contributed by atoms with Gasteiger partial charge in [-0.2, -0.15) is 0 Å². The number of nitrogens with zero attached hydrogens (tertiary/aromatic N) is 3. The predicted molar refractivity (Wildman–Crippen MR) is 71.5 cm³/mol. The van der Waals surface area contributed by atoms with E-state index >= 15 is 0 Å². The van der Waals surface area contributed by atoms with Crippen molar-refractivity contribution in [2.24, 2.45) is 12.0 Å². The molecule has 2 aromatic heterocycles. The van der Waals surface area contributed by atoms with Crippen molar-refractivity contribution in [2.45, 2.75) is 0 Å². The van der Waals surface area contributed by atoms with Crippen molar-refractivity contribution < 1.29 is 5.11 Å². The second-order valence-electron chi connectivity index (χ2n) is 3.87. The van der Waals surface area contributed by atoms with E-state index in [1.165, 1.54) is 11.6 Å². The van der Waals surface area contributed by atoms with E-state index in [2.05, 4.69) is 9.98 Å². The lowest BCUT2D eigenvalue weighted by atomic mass is 10.1. The van der Waals surface area contributed by atoms with Gasteiger partial charge in [0.05, 0.1) is 10.6 Å². The standard InChI is InChI=1S/C12H9N3O2S/c1-15-11(16)10(18-12(15)17)4-7-5-14-9-2-3-13-6-8(7)9/h2-6,16H,1H3. The summed E-state index contributed by atoms with van der Waals surface area (Å²) in [5.74, 6) is -0.0248. The van der Waals surface area contributed by atoms with Crippen molar-refractivity contribution in [2.75, 3.05) is 0 Å². The Kier molecular flexibility index (Phi) is 2.38. The Balaban J connectivity index is 2.12. The molecule has 0 spiro atoms. The topological polar surface area (TPSA) is 67.5 Å². The number of aromatic hydroxyl groups is 1. The summed E-state index contributed by atoms with van der Waals surface area (Å²) in [5.41, 5.74) is 2.59. The number of rotatable bonds is 1. The summed E-state index contributed by atoms with van der Waals surface area (Å²) in [6.07, 6.45) is 6.85.